The van der Waals surface area contributed by atoms with Crippen LogP contribution in [-0.4, -0.2) is 55.1 Å². The van der Waals surface area contributed by atoms with Crippen LogP contribution in [0.5, 0.6) is 0 Å². The van der Waals surface area contributed by atoms with E-state index in [1.807, 2.05) is 45.4 Å². The third kappa shape index (κ3) is 4.00. The van der Waals surface area contributed by atoms with Gasteiger partial charge in [-0.2, -0.15) is 0 Å². The number of esters is 1. The number of hydrogen-bond acceptors (Lipinski definition) is 7. The van der Waals surface area contributed by atoms with Crippen molar-refractivity contribution in [2.24, 2.45) is 0 Å². The van der Waals surface area contributed by atoms with Crippen molar-refractivity contribution in [3.05, 3.63) is 40.9 Å². The van der Waals surface area contributed by atoms with Gasteiger partial charge < -0.3 is 15.0 Å². The van der Waals surface area contributed by atoms with Crippen molar-refractivity contribution in [3.63, 3.8) is 0 Å². The number of aromatic nitrogens is 2. The van der Waals surface area contributed by atoms with Gasteiger partial charge in [-0.15, -0.1) is 11.3 Å². The Balaban J connectivity index is 1.86. The van der Waals surface area contributed by atoms with E-state index in [9.17, 15) is 4.79 Å². The summed E-state index contributed by atoms with van der Waals surface area (Å²) in [5.74, 6) is 0.328. The predicted molar refractivity (Wildman–Crippen MR) is 106 cm³/mol. The molecule has 26 heavy (non-hydrogen) atoms. The Morgan fingerprint density at radius 2 is 2.12 bits per heavy atom. The van der Waals surface area contributed by atoms with E-state index in [0.29, 0.717) is 10.8 Å². The summed E-state index contributed by atoms with van der Waals surface area (Å²) >= 11 is 1.44. The van der Waals surface area contributed by atoms with Gasteiger partial charge in [0, 0.05) is 29.5 Å². The van der Waals surface area contributed by atoms with E-state index in [2.05, 4.69) is 26.3 Å². The second kappa shape index (κ2) is 7.80. The van der Waals surface area contributed by atoms with Crippen molar-refractivity contribution >= 4 is 34.2 Å². The number of ether oxygens (including phenoxy) is 1. The molecule has 0 bridgehead atoms. The highest BCUT2D eigenvalue weighted by molar-refractivity contribution is 7.17. The molecule has 3 aromatic rings. The first-order valence-corrected chi connectivity index (χ1v) is 9.14. The molecule has 0 aliphatic carbocycles. The molecule has 0 spiro atoms. The van der Waals surface area contributed by atoms with Crippen LogP contribution in [-0.2, 0) is 4.74 Å². The molecule has 7 heteroatoms. The molecule has 6 nitrogen and oxygen atoms in total. The maximum absolute atomic E-state index is 11.7. The summed E-state index contributed by atoms with van der Waals surface area (Å²) in [4.78, 5) is 24.5. The zero-order valence-electron chi connectivity index (χ0n) is 15.4. The molecule has 1 aromatic carbocycles. The van der Waals surface area contributed by atoms with E-state index in [0.717, 1.165) is 40.0 Å². The largest absolute Gasteiger partial charge is 0.465 e. The molecule has 1 N–H and O–H groups in total. The molecule has 136 valence electrons. The summed E-state index contributed by atoms with van der Waals surface area (Å²) in [6, 6.07) is 7.93. The molecule has 0 aliphatic heterocycles. The Morgan fingerprint density at radius 1 is 1.31 bits per heavy atom. The monoisotopic (exact) mass is 370 g/mol. The number of likely N-dealkylation sites (N-methyl/N-ethyl adjacent to an activating group) is 1. The molecule has 0 saturated heterocycles. The minimum Gasteiger partial charge on any atom is -0.465 e. The van der Waals surface area contributed by atoms with E-state index >= 15 is 0 Å². The lowest BCUT2D eigenvalue weighted by Crippen LogP contribution is -2.21. The van der Waals surface area contributed by atoms with Crippen LogP contribution >= 0.6 is 11.3 Å². The lowest BCUT2D eigenvalue weighted by Gasteiger charge is -2.10. The van der Waals surface area contributed by atoms with Crippen LogP contribution in [0.1, 0.15) is 15.2 Å². The Labute approximate surface area is 156 Å². The fourth-order valence-electron chi connectivity index (χ4n) is 2.62. The number of aryl methyl sites for hydroxylation is 1. The molecule has 0 fully saturated rings. The first-order valence-electron chi connectivity index (χ1n) is 8.32. The molecule has 0 aliphatic rings. The number of benzene rings is 1. The molecule has 0 atom stereocenters. The zero-order valence-corrected chi connectivity index (χ0v) is 16.2. The van der Waals surface area contributed by atoms with Gasteiger partial charge in [-0.05, 0) is 50.3 Å². The third-order valence-corrected chi connectivity index (χ3v) is 5.25. The summed E-state index contributed by atoms with van der Waals surface area (Å²) in [6.45, 7) is 3.71. The molecule has 2 aromatic heterocycles. The normalized spacial score (nSPS) is 11.1. The average Bonchev–Trinajstić information content (AvgIpc) is 3.02. The van der Waals surface area contributed by atoms with Crippen molar-refractivity contribution in [2.45, 2.75) is 6.92 Å². The van der Waals surface area contributed by atoms with Crippen LogP contribution in [0.4, 0.5) is 5.95 Å². The van der Waals surface area contributed by atoms with Crippen molar-refractivity contribution < 1.29 is 9.53 Å². The number of thiophene rings is 1. The summed E-state index contributed by atoms with van der Waals surface area (Å²) < 4.78 is 4.81. The quantitative estimate of drug-likeness (QED) is 0.671. The van der Waals surface area contributed by atoms with Gasteiger partial charge in [0.25, 0.3) is 0 Å². The van der Waals surface area contributed by atoms with Crippen LogP contribution in [0.25, 0.3) is 21.3 Å². The lowest BCUT2D eigenvalue weighted by atomic mass is 10.1. The minimum absolute atomic E-state index is 0.304. The van der Waals surface area contributed by atoms with Gasteiger partial charge in [-0.1, -0.05) is 6.07 Å². The minimum atomic E-state index is -0.304. The number of rotatable bonds is 6. The molecular weight excluding hydrogens is 348 g/mol. The Morgan fingerprint density at radius 3 is 2.85 bits per heavy atom. The molecule has 0 saturated carbocycles. The van der Waals surface area contributed by atoms with Crippen LogP contribution in [0.15, 0.2) is 30.5 Å². The van der Waals surface area contributed by atoms with Gasteiger partial charge in [0.1, 0.15) is 4.88 Å². The van der Waals surface area contributed by atoms with E-state index in [1.54, 1.807) is 0 Å². The van der Waals surface area contributed by atoms with Crippen molar-refractivity contribution in [2.75, 3.05) is 39.6 Å². The summed E-state index contributed by atoms with van der Waals surface area (Å²) in [7, 11) is 5.46. The number of methoxy groups -OCH3 is 1. The number of fused-ring (bicyclic) bond motifs is 1. The topological polar surface area (TPSA) is 67.3 Å². The first kappa shape index (κ1) is 18.3. The molecular formula is C19H22N4O2S. The smallest absolute Gasteiger partial charge is 0.348 e. The predicted octanol–water partition coefficient (Wildman–Crippen LogP) is 3.43. The number of carbonyl (C=O) groups is 1. The Hall–Kier alpha value is -2.51. The zero-order chi connectivity index (χ0) is 18.7. The van der Waals surface area contributed by atoms with E-state index in [-0.39, 0.29) is 5.97 Å². The highest BCUT2D eigenvalue weighted by Crippen LogP contribution is 2.34. The summed E-state index contributed by atoms with van der Waals surface area (Å²) in [5, 5.41) is 4.20. The second-order valence-corrected chi connectivity index (χ2v) is 7.36. The fourth-order valence-corrected chi connectivity index (χ4v) is 3.71. The second-order valence-electron chi connectivity index (χ2n) is 6.31. The fraction of sp³-hybridized carbons (Fsp3) is 0.316. The van der Waals surface area contributed by atoms with Gasteiger partial charge in [0.05, 0.1) is 12.6 Å². The Bertz CT molecular complexity index is 936. The van der Waals surface area contributed by atoms with Crippen LogP contribution < -0.4 is 5.32 Å². The Kier molecular flexibility index (Phi) is 5.49. The molecule has 0 radical (unpaired) electrons. The standard InChI is InChI=1S/C19H22N4O2S/c1-12-9-16(18(24)25-4)26-17(12)13-5-6-15-14(10-13)11-21-19(22-15)20-7-8-23(2)3/h5-6,9-11H,7-8H2,1-4H3,(H,20,21,22). The number of nitrogens with one attached hydrogen (secondary N) is 1. The van der Waals surface area contributed by atoms with Gasteiger partial charge in [0.15, 0.2) is 0 Å². The summed E-state index contributed by atoms with van der Waals surface area (Å²) in [5.41, 5.74) is 2.99. The average molecular weight is 370 g/mol. The van der Waals surface area contributed by atoms with Gasteiger partial charge >= 0.3 is 5.97 Å². The van der Waals surface area contributed by atoms with Gasteiger partial charge in [-0.3, -0.25) is 0 Å². The molecule has 2 heterocycles. The number of carbonyl (C=O) groups excluding carboxylic acids is 1. The number of nitrogens with zero attached hydrogens (tertiary/aromatic N) is 3. The molecule has 0 amide bonds. The molecule has 3 rings (SSSR count). The van der Waals surface area contributed by atoms with E-state index in [4.69, 9.17) is 4.74 Å². The maximum atomic E-state index is 11.7. The number of hydrogen-bond donors (Lipinski definition) is 1. The summed E-state index contributed by atoms with van der Waals surface area (Å²) in [6.07, 6.45) is 1.83. The highest BCUT2D eigenvalue weighted by Gasteiger charge is 2.14. The van der Waals surface area contributed by atoms with E-state index < -0.39 is 0 Å². The van der Waals surface area contributed by atoms with Crippen molar-refractivity contribution in [1.82, 2.24) is 14.9 Å². The SMILES string of the molecule is COC(=O)c1cc(C)c(-c2ccc3nc(NCCN(C)C)ncc3c2)s1. The molecule has 0 unspecified atom stereocenters. The van der Waals surface area contributed by atoms with Crippen LogP contribution in [0, 0.1) is 6.92 Å². The lowest BCUT2D eigenvalue weighted by molar-refractivity contribution is 0.0606. The van der Waals surface area contributed by atoms with Gasteiger partial charge in [0.2, 0.25) is 5.95 Å². The highest BCUT2D eigenvalue weighted by atomic mass is 32.1. The maximum Gasteiger partial charge on any atom is 0.348 e. The van der Waals surface area contributed by atoms with Crippen molar-refractivity contribution in [3.8, 4) is 10.4 Å². The first-order chi connectivity index (χ1) is 12.5. The van der Waals surface area contributed by atoms with Gasteiger partial charge in [-0.25, -0.2) is 14.8 Å². The van der Waals surface area contributed by atoms with Crippen molar-refractivity contribution in [1.29, 1.82) is 0 Å². The van der Waals surface area contributed by atoms with Crippen LogP contribution in [0.2, 0.25) is 0 Å². The number of anilines is 1. The third-order valence-electron chi connectivity index (χ3n) is 3.99. The van der Waals surface area contributed by atoms with E-state index in [1.165, 1.54) is 18.4 Å². The van der Waals surface area contributed by atoms with Crippen LogP contribution in [0.3, 0.4) is 0 Å².